The van der Waals surface area contributed by atoms with E-state index in [-0.39, 0.29) is 11.4 Å². The van der Waals surface area contributed by atoms with Crippen LogP contribution in [0.25, 0.3) is 16.8 Å². The van der Waals surface area contributed by atoms with Crippen LogP contribution in [-0.2, 0) is 0 Å². The Morgan fingerprint density at radius 1 is 0.967 bits per heavy atom. The van der Waals surface area contributed by atoms with Crippen molar-refractivity contribution in [3.05, 3.63) is 66.0 Å². The van der Waals surface area contributed by atoms with E-state index >= 15 is 0 Å². The summed E-state index contributed by atoms with van der Waals surface area (Å²) in [6, 6.07) is 15.8. The van der Waals surface area contributed by atoms with Crippen molar-refractivity contribution in [3.8, 4) is 16.8 Å². The lowest BCUT2D eigenvalue weighted by Crippen LogP contribution is -2.22. The molecule has 0 unspecified atom stereocenters. The topological polar surface area (TPSA) is 116 Å². The van der Waals surface area contributed by atoms with E-state index in [1.165, 1.54) is 48.5 Å². The number of nitrogens with two attached hydrogens (primary N) is 2. The van der Waals surface area contributed by atoms with Crippen molar-refractivity contribution < 1.29 is 9.59 Å². The Hall–Kier alpha value is -3.61. The molecule has 5 N–H and O–H groups in total. The van der Waals surface area contributed by atoms with Crippen LogP contribution < -0.4 is 16.8 Å². The third-order valence-corrected chi connectivity index (χ3v) is 5.64. The quantitative estimate of drug-likeness (QED) is 0.593. The summed E-state index contributed by atoms with van der Waals surface area (Å²) in [5, 5.41) is 6.60. The lowest BCUT2D eigenvalue weighted by molar-refractivity contribution is 0.0996. The number of rotatable bonds is 5. The maximum atomic E-state index is 11.7. The molecular formula is C23H25N5O2. The standard InChI is InChI=1S/C23H25N5O2/c24-22(29)21-20(26-23(25)30)14-28(27-21)19-8-4-7-18(13-19)17-11-9-16(10-12-17)15-5-2-1-3-6-15/h4,7-15H,1-3,5-6H2,(H2,24,29)(H3,25,26,30). The van der Waals surface area contributed by atoms with Gasteiger partial charge in [-0.2, -0.15) is 5.10 Å². The summed E-state index contributed by atoms with van der Waals surface area (Å²) in [6.07, 6.45) is 8.06. The van der Waals surface area contributed by atoms with E-state index in [4.69, 9.17) is 11.5 Å². The molecule has 7 heteroatoms. The van der Waals surface area contributed by atoms with Gasteiger partial charge in [-0.25, -0.2) is 9.48 Å². The number of primary amides is 2. The molecule has 0 aliphatic heterocycles. The second-order valence-corrected chi connectivity index (χ2v) is 7.70. The van der Waals surface area contributed by atoms with E-state index in [0.717, 1.165) is 16.8 Å². The molecule has 1 fully saturated rings. The van der Waals surface area contributed by atoms with Gasteiger partial charge in [0.2, 0.25) is 0 Å². The normalized spacial score (nSPS) is 14.4. The van der Waals surface area contributed by atoms with Crippen LogP contribution in [-0.4, -0.2) is 21.7 Å². The molecule has 7 nitrogen and oxygen atoms in total. The van der Waals surface area contributed by atoms with Crippen molar-refractivity contribution in [2.75, 3.05) is 5.32 Å². The average Bonchev–Trinajstić information content (AvgIpc) is 3.18. The molecular weight excluding hydrogens is 378 g/mol. The SMILES string of the molecule is NC(=O)Nc1cn(-c2cccc(-c3ccc(C4CCCCC4)cc3)c2)nc1C(N)=O. The fourth-order valence-corrected chi connectivity index (χ4v) is 4.12. The first-order valence-electron chi connectivity index (χ1n) is 10.2. The number of anilines is 1. The molecule has 3 aromatic rings. The highest BCUT2D eigenvalue weighted by atomic mass is 16.2. The van der Waals surface area contributed by atoms with Gasteiger partial charge in [-0.15, -0.1) is 0 Å². The van der Waals surface area contributed by atoms with Crippen molar-refractivity contribution in [1.82, 2.24) is 9.78 Å². The fourth-order valence-electron chi connectivity index (χ4n) is 4.12. The number of hydrogen-bond donors (Lipinski definition) is 3. The van der Waals surface area contributed by atoms with Crippen molar-refractivity contribution in [3.63, 3.8) is 0 Å². The van der Waals surface area contributed by atoms with Crippen LogP contribution in [0.15, 0.2) is 54.7 Å². The molecule has 0 spiro atoms. The minimum atomic E-state index is -0.788. The summed E-state index contributed by atoms with van der Waals surface area (Å²) >= 11 is 0. The fraction of sp³-hybridized carbons (Fsp3) is 0.261. The Morgan fingerprint density at radius 2 is 1.70 bits per heavy atom. The van der Waals surface area contributed by atoms with Gasteiger partial charge in [-0.1, -0.05) is 55.7 Å². The summed E-state index contributed by atoms with van der Waals surface area (Å²) in [5.41, 5.74) is 15.0. The molecule has 154 valence electrons. The van der Waals surface area contributed by atoms with Crippen LogP contribution in [0.4, 0.5) is 10.5 Å². The number of amides is 3. The van der Waals surface area contributed by atoms with Crippen LogP contribution in [0.1, 0.15) is 54.1 Å². The maximum Gasteiger partial charge on any atom is 0.316 e. The summed E-state index contributed by atoms with van der Waals surface area (Å²) in [7, 11) is 0. The summed E-state index contributed by atoms with van der Waals surface area (Å²) in [5.74, 6) is -0.0708. The minimum Gasteiger partial charge on any atom is -0.364 e. The Balaban J connectivity index is 1.61. The van der Waals surface area contributed by atoms with Crippen LogP contribution in [0.2, 0.25) is 0 Å². The van der Waals surface area contributed by atoms with Gasteiger partial charge < -0.3 is 16.8 Å². The Bertz CT molecular complexity index is 1070. The first-order valence-corrected chi connectivity index (χ1v) is 10.2. The van der Waals surface area contributed by atoms with E-state index < -0.39 is 11.9 Å². The first-order chi connectivity index (χ1) is 14.5. The number of nitrogens with zero attached hydrogens (tertiary/aromatic N) is 2. The van der Waals surface area contributed by atoms with Crippen LogP contribution >= 0.6 is 0 Å². The second kappa shape index (κ2) is 8.41. The Kier molecular flexibility index (Phi) is 5.52. The number of carbonyl (C=O) groups is 2. The molecule has 4 rings (SSSR count). The molecule has 1 aliphatic carbocycles. The lowest BCUT2D eigenvalue weighted by atomic mass is 9.84. The molecule has 1 heterocycles. The van der Waals surface area contributed by atoms with Crippen molar-refractivity contribution in [2.45, 2.75) is 38.0 Å². The molecule has 3 amide bonds. The zero-order valence-corrected chi connectivity index (χ0v) is 16.7. The van der Waals surface area contributed by atoms with Gasteiger partial charge in [0.1, 0.15) is 0 Å². The number of aromatic nitrogens is 2. The average molecular weight is 403 g/mol. The highest BCUT2D eigenvalue weighted by molar-refractivity contribution is 6.00. The Morgan fingerprint density at radius 3 is 2.37 bits per heavy atom. The predicted octanol–water partition coefficient (Wildman–Crippen LogP) is 4.18. The predicted molar refractivity (Wildman–Crippen MR) is 117 cm³/mol. The van der Waals surface area contributed by atoms with Crippen LogP contribution in [0, 0.1) is 0 Å². The zero-order chi connectivity index (χ0) is 21.1. The lowest BCUT2D eigenvalue weighted by Gasteiger charge is -2.22. The number of nitrogens with one attached hydrogen (secondary N) is 1. The molecule has 0 saturated heterocycles. The van der Waals surface area contributed by atoms with E-state index in [2.05, 4.69) is 34.7 Å². The molecule has 2 aromatic carbocycles. The summed E-state index contributed by atoms with van der Waals surface area (Å²) in [6.45, 7) is 0. The second-order valence-electron chi connectivity index (χ2n) is 7.70. The molecule has 1 aliphatic rings. The zero-order valence-electron chi connectivity index (χ0n) is 16.7. The van der Waals surface area contributed by atoms with E-state index in [1.54, 1.807) is 0 Å². The van der Waals surface area contributed by atoms with Crippen molar-refractivity contribution in [1.29, 1.82) is 0 Å². The molecule has 0 radical (unpaired) electrons. The number of urea groups is 1. The van der Waals surface area contributed by atoms with Gasteiger partial charge >= 0.3 is 6.03 Å². The van der Waals surface area contributed by atoms with Gasteiger partial charge in [0.15, 0.2) is 5.69 Å². The van der Waals surface area contributed by atoms with E-state index in [9.17, 15) is 9.59 Å². The van der Waals surface area contributed by atoms with Gasteiger partial charge in [0.05, 0.1) is 17.6 Å². The molecule has 0 bridgehead atoms. The molecule has 30 heavy (non-hydrogen) atoms. The van der Waals surface area contributed by atoms with E-state index in [0.29, 0.717) is 5.92 Å². The van der Waals surface area contributed by atoms with Gasteiger partial charge in [0.25, 0.3) is 5.91 Å². The van der Waals surface area contributed by atoms with E-state index in [1.807, 2.05) is 24.3 Å². The monoisotopic (exact) mass is 403 g/mol. The minimum absolute atomic E-state index is 0.0453. The molecule has 1 saturated carbocycles. The smallest absolute Gasteiger partial charge is 0.316 e. The van der Waals surface area contributed by atoms with Gasteiger partial charge in [0, 0.05) is 0 Å². The van der Waals surface area contributed by atoms with Crippen LogP contribution in [0.3, 0.4) is 0 Å². The molecule has 1 aromatic heterocycles. The molecule has 0 atom stereocenters. The summed E-state index contributed by atoms with van der Waals surface area (Å²) < 4.78 is 1.51. The number of carbonyl (C=O) groups excluding carboxylic acids is 2. The van der Waals surface area contributed by atoms with Gasteiger partial charge in [-0.3, -0.25) is 4.79 Å². The highest BCUT2D eigenvalue weighted by Crippen LogP contribution is 2.33. The highest BCUT2D eigenvalue weighted by Gasteiger charge is 2.17. The largest absolute Gasteiger partial charge is 0.364 e. The van der Waals surface area contributed by atoms with Crippen LogP contribution in [0.5, 0.6) is 0 Å². The first kappa shape index (κ1) is 19.7. The number of benzene rings is 2. The third kappa shape index (κ3) is 4.20. The van der Waals surface area contributed by atoms with Gasteiger partial charge in [-0.05, 0) is 47.6 Å². The summed E-state index contributed by atoms with van der Waals surface area (Å²) in [4.78, 5) is 22.8. The third-order valence-electron chi connectivity index (χ3n) is 5.64. The number of hydrogen-bond acceptors (Lipinski definition) is 3. The van der Waals surface area contributed by atoms with Crippen molar-refractivity contribution >= 4 is 17.6 Å². The van der Waals surface area contributed by atoms with Crippen molar-refractivity contribution in [2.24, 2.45) is 11.5 Å². The Labute approximate surface area is 175 Å². The maximum absolute atomic E-state index is 11.7.